The van der Waals surface area contributed by atoms with Gasteiger partial charge in [-0.15, -0.1) is 11.8 Å². The van der Waals surface area contributed by atoms with Crippen LogP contribution in [0.1, 0.15) is 13.8 Å². The van der Waals surface area contributed by atoms with Crippen molar-refractivity contribution in [3.63, 3.8) is 0 Å². The fourth-order valence-corrected chi connectivity index (χ4v) is 0.653. The minimum Gasteiger partial charge on any atom is -0.133 e. The highest BCUT2D eigenvalue weighted by Crippen LogP contribution is 2.17. The van der Waals surface area contributed by atoms with Crippen LogP contribution in [0.25, 0.3) is 0 Å². The summed E-state index contributed by atoms with van der Waals surface area (Å²) in [5, 5.41) is 0.896. The fourth-order valence-electron chi connectivity index (χ4n) is 0.141. The predicted molar refractivity (Wildman–Crippen MR) is 37.7 cm³/mol. The third kappa shape index (κ3) is 3.01. The maximum atomic E-state index is 5.59. The molecule has 7 heavy (non-hydrogen) atoms. The summed E-state index contributed by atoms with van der Waals surface area (Å²) >= 11 is 7.27. The normalized spacial score (nSPS) is 13.7. The van der Waals surface area contributed by atoms with Crippen molar-refractivity contribution >= 4 is 23.4 Å². The molecule has 0 aromatic rings. The van der Waals surface area contributed by atoms with Gasteiger partial charge in [0.25, 0.3) is 0 Å². The van der Waals surface area contributed by atoms with Crippen molar-refractivity contribution in [3.05, 3.63) is 9.94 Å². The van der Waals surface area contributed by atoms with E-state index in [1.54, 1.807) is 11.8 Å². The highest BCUT2D eigenvalue weighted by molar-refractivity contribution is 8.02. The van der Waals surface area contributed by atoms with E-state index in [4.69, 9.17) is 11.6 Å². The Balaban J connectivity index is 3.72. The molecule has 0 aliphatic heterocycles. The largest absolute Gasteiger partial charge is 0.133 e. The maximum absolute atomic E-state index is 5.59. The zero-order chi connectivity index (χ0) is 5.86. The molecule has 2 heteroatoms. The Morgan fingerprint density at radius 2 is 1.86 bits per heavy atom. The van der Waals surface area contributed by atoms with Crippen LogP contribution in [0.4, 0.5) is 0 Å². The van der Waals surface area contributed by atoms with Gasteiger partial charge in [-0.2, -0.15) is 0 Å². The molecule has 42 valence electrons. The summed E-state index contributed by atoms with van der Waals surface area (Å²) in [6.07, 6.45) is 2.02. The van der Waals surface area contributed by atoms with Gasteiger partial charge in [-0.25, -0.2) is 0 Å². The average Bonchev–Trinajstić information content (AvgIpc) is 1.65. The van der Waals surface area contributed by atoms with Gasteiger partial charge in [0.05, 0.1) is 0 Å². The molecule has 0 aliphatic rings. The summed E-state index contributed by atoms with van der Waals surface area (Å²) in [4.78, 5) is 1.20. The van der Waals surface area contributed by atoms with E-state index >= 15 is 0 Å². The summed E-state index contributed by atoms with van der Waals surface area (Å²) in [6.45, 7) is 3.90. The molecule has 0 saturated carbocycles. The van der Waals surface area contributed by atoms with Gasteiger partial charge >= 0.3 is 0 Å². The summed E-state index contributed by atoms with van der Waals surface area (Å²) < 4.78 is 0. The van der Waals surface area contributed by atoms with Crippen molar-refractivity contribution in [3.8, 4) is 0 Å². The Morgan fingerprint density at radius 3 is 1.86 bits per heavy atom. The van der Waals surface area contributed by atoms with Gasteiger partial charge in [-0.05, 0) is 25.0 Å². The van der Waals surface area contributed by atoms with Crippen molar-refractivity contribution in [2.75, 3.05) is 6.26 Å². The van der Waals surface area contributed by atoms with E-state index in [-0.39, 0.29) is 0 Å². The van der Waals surface area contributed by atoms with Crippen molar-refractivity contribution in [1.82, 2.24) is 0 Å². The van der Waals surface area contributed by atoms with Gasteiger partial charge in [-0.1, -0.05) is 11.6 Å². The van der Waals surface area contributed by atoms with Gasteiger partial charge in [0.1, 0.15) is 0 Å². The quantitative estimate of drug-likeness (QED) is 0.534. The first-order valence-electron chi connectivity index (χ1n) is 2.05. The third-order valence-electron chi connectivity index (χ3n) is 0.791. The van der Waals surface area contributed by atoms with E-state index < -0.39 is 0 Å². The summed E-state index contributed by atoms with van der Waals surface area (Å²) in [6, 6.07) is 0. The zero-order valence-corrected chi connectivity index (χ0v) is 6.36. The second-order valence-corrected chi connectivity index (χ2v) is 2.88. The number of hydrogen-bond donors (Lipinski definition) is 0. The summed E-state index contributed by atoms with van der Waals surface area (Å²) in [5.74, 6) is 0. The molecule has 0 unspecified atom stereocenters. The lowest BCUT2D eigenvalue weighted by Crippen LogP contribution is -1.64. The predicted octanol–water partition coefficient (Wildman–Crippen LogP) is 2.84. The van der Waals surface area contributed by atoms with Crippen LogP contribution in [-0.2, 0) is 0 Å². The van der Waals surface area contributed by atoms with Crippen LogP contribution in [0.3, 0.4) is 0 Å². The van der Waals surface area contributed by atoms with E-state index in [0.717, 1.165) is 5.03 Å². The lowest BCUT2D eigenvalue weighted by atomic mass is 10.6. The van der Waals surface area contributed by atoms with Crippen LogP contribution < -0.4 is 0 Å². The molecular formula is C5H9ClS. The number of thioether (sulfide) groups is 1. The minimum absolute atomic E-state index is 0.896. The van der Waals surface area contributed by atoms with E-state index in [9.17, 15) is 0 Å². The first-order chi connectivity index (χ1) is 3.18. The average molecular weight is 137 g/mol. The molecule has 0 radical (unpaired) electrons. The first-order valence-corrected chi connectivity index (χ1v) is 3.65. The van der Waals surface area contributed by atoms with Crippen molar-refractivity contribution in [2.24, 2.45) is 0 Å². The van der Waals surface area contributed by atoms with Crippen LogP contribution in [0.5, 0.6) is 0 Å². The molecule has 0 bridgehead atoms. The second kappa shape index (κ2) is 3.39. The van der Waals surface area contributed by atoms with Crippen LogP contribution >= 0.6 is 23.4 Å². The molecule has 0 fully saturated rings. The summed E-state index contributed by atoms with van der Waals surface area (Å²) in [7, 11) is 0. The molecule has 0 atom stereocenters. The van der Waals surface area contributed by atoms with Crippen LogP contribution in [0, 0.1) is 0 Å². The number of halogens is 1. The standard InChI is InChI=1S/C5H9ClS/c1-4(6)5(2)7-3/h1-3H3/b5-4+. The second-order valence-electron chi connectivity index (χ2n) is 1.29. The van der Waals surface area contributed by atoms with Crippen molar-refractivity contribution in [2.45, 2.75) is 13.8 Å². The molecule has 0 aliphatic carbocycles. The fraction of sp³-hybridized carbons (Fsp3) is 0.600. The lowest BCUT2D eigenvalue weighted by molar-refractivity contribution is 1.55. The van der Waals surface area contributed by atoms with Crippen molar-refractivity contribution < 1.29 is 0 Å². The SMILES string of the molecule is CS/C(C)=C(\C)Cl. The molecule has 0 heterocycles. The van der Waals surface area contributed by atoms with Gasteiger partial charge in [-0.3, -0.25) is 0 Å². The monoisotopic (exact) mass is 136 g/mol. The smallest absolute Gasteiger partial charge is 0.0241 e. The Bertz CT molecular complexity index is 82.1. The Kier molecular flexibility index (Phi) is 3.57. The van der Waals surface area contributed by atoms with E-state index in [1.165, 1.54) is 4.91 Å². The van der Waals surface area contributed by atoms with E-state index in [0.29, 0.717) is 0 Å². The van der Waals surface area contributed by atoms with Crippen LogP contribution in [0.2, 0.25) is 0 Å². The first kappa shape index (κ1) is 7.38. The molecule has 0 aromatic carbocycles. The highest BCUT2D eigenvalue weighted by atomic mass is 35.5. The zero-order valence-electron chi connectivity index (χ0n) is 4.79. The Labute approximate surface area is 53.9 Å². The minimum atomic E-state index is 0.896. The van der Waals surface area contributed by atoms with E-state index in [2.05, 4.69) is 0 Å². The molecule has 0 nitrogen and oxygen atoms in total. The molecule has 0 N–H and O–H groups in total. The number of allylic oxidation sites excluding steroid dienone is 2. The maximum Gasteiger partial charge on any atom is 0.0241 e. The van der Waals surface area contributed by atoms with Gasteiger partial charge in [0, 0.05) is 5.03 Å². The Morgan fingerprint density at radius 1 is 1.43 bits per heavy atom. The molecule has 0 aromatic heterocycles. The number of rotatable bonds is 1. The molecular weight excluding hydrogens is 128 g/mol. The van der Waals surface area contributed by atoms with Crippen LogP contribution in [0.15, 0.2) is 9.94 Å². The molecule has 0 spiro atoms. The molecule has 0 saturated heterocycles. The van der Waals surface area contributed by atoms with Crippen molar-refractivity contribution in [1.29, 1.82) is 0 Å². The molecule has 0 rings (SSSR count). The lowest BCUT2D eigenvalue weighted by Gasteiger charge is -1.91. The Hall–Kier alpha value is 0.380. The van der Waals surface area contributed by atoms with Gasteiger partial charge in [0.15, 0.2) is 0 Å². The summed E-state index contributed by atoms with van der Waals surface area (Å²) in [5.41, 5.74) is 0. The highest BCUT2D eigenvalue weighted by Gasteiger charge is 1.86. The van der Waals surface area contributed by atoms with E-state index in [1.807, 2.05) is 20.1 Å². The van der Waals surface area contributed by atoms with Gasteiger partial charge < -0.3 is 0 Å². The topological polar surface area (TPSA) is 0 Å². The molecule has 0 amide bonds. The van der Waals surface area contributed by atoms with Crippen LogP contribution in [-0.4, -0.2) is 6.26 Å². The third-order valence-corrected chi connectivity index (χ3v) is 2.11. The number of hydrogen-bond acceptors (Lipinski definition) is 1. The van der Waals surface area contributed by atoms with Gasteiger partial charge in [0.2, 0.25) is 0 Å².